The zero-order chi connectivity index (χ0) is 26.8. The number of hydrazine groups is 2. The minimum absolute atomic E-state index is 0.0229. The Morgan fingerprint density at radius 3 is 2.64 bits per heavy atom. The summed E-state index contributed by atoms with van der Waals surface area (Å²) < 4.78 is 0. The third-order valence-electron chi connectivity index (χ3n) is 7.16. The van der Waals surface area contributed by atoms with Crippen molar-refractivity contribution in [3.05, 3.63) is 107 Å². The van der Waals surface area contributed by atoms with Gasteiger partial charge in [0.25, 0.3) is 0 Å². The van der Waals surface area contributed by atoms with Gasteiger partial charge in [-0.1, -0.05) is 54.9 Å². The molecule has 196 valence electrons. The fraction of sp³-hybridized carbons (Fsp3) is 0.233. The number of aromatic nitrogens is 2. The van der Waals surface area contributed by atoms with Gasteiger partial charge in [0, 0.05) is 41.9 Å². The predicted octanol–water partition coefficient (Wildman–Crippen LogP) is 6.20. The Kier molecular flexibility index (Phi) is 6.93. The number of nitrogens with zero attached hydrogens (tertiary/aromatic N) is 4. The van der Waals surface area contributed by atoms with Crippen LogP contribution in [0.5, 0.6) is 0 Å². The molecule has 2 aliphatic rings. The first kappa shape index (κ1) is 25.0. The predicted molar refractivity (Wildman–Crippen MR) is 154 cm³/mol. The second-order valence-electron chi connectivity index (χ2n) is 9.85. The number of nitrogens with one attached hydrogen (secondary N) is 4. The first-order valence-corrected chi connectivity index (χ1v) is 13.5. The van der Waals surface area contributed by atoms with Crippen LogP contribution in [-0.4, -0.2) is 21.0 Å². The van der Waals surface area contributed by atoms with E-state index < -0.39 is 0 Å². The summed E-state index contributed by atoms with van der Waals surface area (Å²) in [4.78, 5) is 8.89. The molecule has 0 saturated heterocycles. The van der Waals surface area contributed by atoms with Crippen molar-refractivity contribution in [2.45, 2.75) is 44.3 Å². The minimum Gasteiger partial charge on any atom is -0.377 e. The van der Waals surface area contributed by atoms with Gasteiger partial charge in [0.1, 0.15) is 6.07 Å². The Morgan fingerprint density at radius 1 is 1.10 bits per heavy atom. The van der Waals surface area contributed by atoms with Crippen LogP contribution in [0.1, 0.15) is 55.0 Å². The molecule has 1 unspecified atom stereocenters. The van der Waals surface area contributed by atoms with Crippen molar-refractivity contribution in [2.75, 3.05) is 10.6 Å². The number of halogens is 1. The lowest BCUT2D eigenvalue weighted by atomic mass is 10.0. The molecule has 0 spiro atoms. The van der Waals surface area contributed by atoms with Crippen LogP contribution in [0, 0.1) is 11.3 Å². The van der Waals surface area contributed by atoms with Crippen LogP contribution in [-0.2, 0) is 0 Å². The summed E-state index contributed by atoms with van der Waals surface area (Å²) in [5.41, 5.74) is 12.4. The highest BCUT2D eigenvalue weighted by Crippen LogP contribution is 2.38. The highest BCUT2D eigenvalue weighted by atomic mass is 35.5. The van der Waals surface area contributed by atoms with Crippen LogP contribution >= 0.6 is 11.6 Å². The summed E-state index contributed by atoms with van der Waals surface area (Å²) in [5, 5.41) is 20.7. The van der Waals surface area contributed by atoms with E-state index in [1.165, 1.54) is 12.8 Å². The Bertz CT molecular complexity index is 1550. The average molecular weight is 537 g/mol. The molecule has 1 fully saturated rings. The number of pyridine rings is 2. The number of rotatable bonds is 9. The molecular formula is C30H29ClN8. The lowest BCUT2D eigenvalue weighted by Gasteiger charge is -2.23. The van der Waals surface area contributed by atoms with Crippen molar-refractivity contribution in [3.8, 4) is 6.07 Å². The standard InChI is InChI=1S/C30H29ClN8/c1-2-26(19-7-4-3-5-8-19)36-28-21(15-32)17-34-30-24(28)13-22(14-25(30)31)35-29(20-9-6-12-33-16-20)27-18-39(38-37-27)23-10-11-23/h3-9,12-14,16-18,23,26,29,35,37-38H,2,10-11H2,1H3,(H,34,36)/t26-,29?/m1/s1. The second kappa shape index (κ2) is 10.8. The molecule has 8 nitrogen and oxygen atoms in total. The molecule has 0 amide bonds. The number of benzene rings is 2. The summed E-state index contributed by atoms with van der Waals surface area (Å²) in [7, 11) is 0. The lowest BCUT2D eigenvalue weighted by molar-refractivity contribution is 0.260. The van der Waals surface area contributed by atoms with Crippen molar-refractivity contribution in [3.63, 3.8) is 0 Å². The van der Waals surface area contributed by atoms with Gasteiger partial charge in [-0.25, -0.2) is 0 Å². The maximum atomic E-state index is 9.97. The topological polar surface area (TPSA) is 101 Å². The molecular weight excluding hydrogens is 508 g/mol. The molecule has 6 rings (SSSR count). The molecule has 39 heavy (non-hydrogen) atoms. The van der Waals surface area contributed by atoms with Crippen molar-refractivity contribution in [1.29, 1.82) is 5.26 Å². The van der Waals surface area contributed by atoms with Crippen molar-refractivity contribution < 1.29 is 0 Å². The van der Waals surface area contributed by atoms with Crippen LogP contribution in [0.3, 0.4) is 0 Å². The quantitative estimate of drug-likeness (QED) is 0.200. The number of fused-ring (bicyclic) bond motifs is 1. The van der Waals surface area contributed by atoms with E-state index in [1.54, 1.807) is 12.4 Å². The van der Waals surface area contributed by atoms with Gasteiger partial charge in [0.2, 0.25) is 0 Å². The number of nitriles is 1. The van der Waals surface area contributed by atoms with Gasteiger partial charge in [-0.15, -0.1) is 5.53 Å². The first-order valence-electron chi connectivity index (χ1n) is 13.2. The van der Waals surface area contributed by atoms with Crippen LogP contribution < -0.4 is 21.6 Å². The van der Waals surface area contributed by atoms with Crippen LogP contribution in [0.15, 0.2) is 85.1 Å². The van der Waals surface area contributed by atoms with Gasteiger partial charge in [-0.3, -0.25) is 15.0 Å². The van der Waals surface area contributed by atoms with E-state index in [0.717, 1.165) is 40.0 Å². The smallest absolute Gasteiger partial charge is 0.103 e. The van der Waals surface area contributed by atoms with Gasteiger partial charge >= 0.3 is 0 Å². The van der Waals surface area contributed by atoms with E-state index in [4.69, 9.17) is 11.6 Å². The van der Waals surface area contributed by atoms with Crippen molar-refractivity contribution in [1.82, 2.24) is 25.9 Å². The second-order valence-corrected chi connectivity index (χ2v) is 10.3. The van der Waals surface area contributed by atoms with Crippen molar-refractivity contribution in [2.24, 2.45) is 0 Å². The van der Waals surface area contributed by atoms with Gasteiger partial charge in [-0.2, -0.15) is 5.26 Å². The highest BCUT2D eigenvalue weighted by Gasteiger charge is 2.32. The molecule has 4 N–H and O–H groups in total. The third-order valence-corrected chi connectivity index (χ3v) is 7.45. The van der Waals surface area contributed by atoms with Crippen LogP contribution in [0.2, 0.25) is 5.02 Å². The molecule has 0 radical (unpaired) electrons. The van der Waals surface area contributed by atoms with Gasteiger partial charge in [0.15, 0.2) is 0 Å². The number of anilines is 2. The Balaban J connectivity index is 1.40. The average Bonchev–Trinajstić information content (AvgIpc) is 3.72. The number of hydrogen-bond acceptors (Lipinski definition) is 8. The molecule has 1 aliphatic heterocycles. The highest BCUT2D eigenvalue weighted by molar-refractivity contribution is 6.35. The first-order chi connectivity index (χ1) is 19.1. The van der Waals surface area contributed by atoms with Crippen LogP contribution in [0.4, 0.5) is 11.4 Å². The molecule has 9 heteroatoms. The van der Waals surface area contributed by atoms with E-state index in [9.17, 15) is 5.26 Å². The van der Waals surface area contributed by atoms with Gasteiger partial charge < -0.3 is 16.1 Å². The monoisotopic (exact) mass is 536 g/mol. The van der Waals surface area contributed by atoms with E-state index in [1.807, 2.05) is 48.7 Å². The van der Waals surface area contributed by atoms with Crippen molar-refractivity contribution >= 4 is 33.9 Å². The summed E-state index contributed by atoms with van der Waals surface area (Å²) in [6.07, 6.45) is 10.5. The van der Waals surface area contributed by atoms with E-state index >= 15 is 0 Å². The normalized spacial score (nSPS) is 16.2. The molecule has 0 bridgehead atoms. The molecule has 2 atom stereocenters. The minimum atomic E-state index is -0.209. The lowest BCUT2D eigenvalue weighted by Crippen LogP contribution is -2.38. The largest absolute Gasteiger partial charge is 0.377 e. The summed E-state index contributed by atoms with van der Waals surface area (Å²) in [6, 6.07) is 20.8. The Labute approximate surface area is 232 Å². The zero-order valence-electron chi connectivity index (χ0n) is 21.5. The Hall–Kier alpha value is -4.32. The molecule has 3 heterocycles. The fourth-order valence-corrected chi connectivity index (χ4v) is 5.23. The number of hydrogen-bond donors (Lipinski definition) is 4. The molecule has 2 aromatic heterocycles. The molecule has 2 aromatic carbocycles. The fourth-order valence-electron chi connectivity index (χ4n) is 4.96. The Morgan fingerprint density at radius 2 is 1.92 bits per heavy atom. The zero-order valence-corrected chi connectivity index (χ0v) is 22.3. The summed E-state index contributed by atoms with van der Waals surface area (Å²) in [5.74, 6) is 0. The summed E-state index contributed by atoms with van der Waals surface area (Å²) in [6.45, 7) is 2.12. The molecule has 1 aliphatic carbocycles. The summed E-state index contributed by atoms with van der Waals surface area (Å²) >= 11 is 6.80. The van der Waals surface area contributed by atoms with E-state index in [-0.39, 0.29) is 12.1 Å². The maximum Gasteiger partial charge on any atom is 0.103 e. The molecule has 1 saturated carbocycles. The van der Waals surface area contributed by atoms with Gasteiger partial charge in [-0.05, 0) is 48.6 Å². The van der Waals surface area contributed by atoms with E-state index in [0.29, 0.717) is 22.1 Å². The molecule has 4 aromatic rings. The van der Waals surface area contributed by atoms with Gasteiger partial charge in [0.05, 0.1) is 39.6 Å². The SMILES string of the molecule is CC[C@@H](Nc1c(C#N)cnc2c(Cl)cc(NC(C3=CN(C4CC4)NN3)c3cccnc3)cc12)c1ccccc1. The maximum absolute atomic E-state index is 9.97. The third kappa shape index (κ3) is 5.19. The van der Waals surface area contributed by atoms with Crippen LogP contribution in [0.25, 0.3) is 10.9 Å². The van der Waals surface area contributed by atoms with E-state index in [2.05, 4.69) is 67.9 Å².